The van der Waals surface area contributed by atoms with E-state index >= 15 is 0 Å². The number of anilines is 1. The first-order valence-corrected chi connectivity index (χ1v) is 9.37. The standard InChI is InChI=1S/C18H18N6O3S/c1-11-4-5-12(2)16(8-11)23-18(20-21-22-23)28-10-17(25)19-15-7-6-14(24(26)27)9-13(15)3/h4-9H,10H2,1-3H3,(H,19,25). The zero-order valence-corrected chi connectivity index (χ0v) is 16.4. The molecule has 3 aromatic rings. The number of nitro benzene ring substituents is 1. The Morgan fingerprint density at radius 2 is 1.96 bits per heavy atom. The number of benzene rings is 2. The Labute approximate surface area is 165 Å². The highest BCUT2D eigenvalue weighted by Gasteiger charge is 2.15. The number of hydrogen-bond donors (Lipinski definition) is 1. The molecule has 0 aliphatic heterocycles. The third-order valence-electron chi connectivity index (χ3n) is 4.06. The highest BCUT2D eigenvalue weighted by Crippen LogP contribution is 2.24. The molecule has 1 amide bonds. The van der Waals surface area contributed by atoms with Gasteiger partial charge >= 0.3 is 0 Å². The van der Waals surface area contributed by atoms with Crippen molar-refractivity contribution >= 4 is 29.0 Å². The van der Waals surface area contributed by atoms with E-state index in [-0.39, 0.29) is 17.3 Å². The molecule has 0 bridgehead atoms. The summed E-state index contributed by atoms with van der Waals surface area (Å²) in [5.74, 6) is -0.153. The molecule has 0 aliphatic carbocycles. The van der Waals surface area contributed by atoms with Crippen LogP contribution in [0.5, 0.6) is 0 Å². The molecule has 0 fully saturated rings. The first kappa shape index (κ1) is 19.5. The fraction of sp³-hybridized carbons (Fsp3) is 0.222. The van der Waals surface area contributed by atoms with E-state index in [1.54, 1.807) is 11.6 Å². The molecule has 1 N–H and O–H groups in total. The number of amides is 1. The van der Waals surface area contributed by atoms with Crippen molar-refractivity contribution in [3.05, 3.63) is 63.2 Å². The van der Waals surface area contributed by atoms with Crippen LogP contribution in [0.2, 0.25) is 0 Å². The van der Waals surface area contributed by atoms with Gasteiger partial charge in [0.2, 0.25) is 11.1 Å². The number of nitrogens with one attached hydrogen (secondary N) is 1. The third kappa shape index (κ3) is 4.34. The molecule has 0 atom stereocenters. The van der Waals surface area contributed by atoms with Gasteiger partial charge in [-0.05, 0) is 60.0 Å². The number of aromatic nitrogens is 4. The lowest BCUT2D eigenvalue weighted by Gasteiger charge is -2.09. The predicted molar refractivity (Wildman–Crippen MR) is 106 cm³/mol. The van der Waals surface area contributed by atoms with E-state index in [2.05, 4.69) is 20.8 Å². The molecule has 1 aromatic heterocycles. The van der Waals surface area contributed by atoms with Crippen LogP contribution in [-0.2, 0) is 4.79 Å². The van der Waals surface area contributed by atoms with Gasteiger partial charge in [0.15, 0.2) is 0 Å². The van der Waals surface area contributed by atoms with Gasteiger partial charge in [-0.2, -0.15) is 4.68 Å². The lowest BCUT2D eigenvalue weighted by Crippen LogP contribution is -2.15. The van der Waals surface area contributed by atoms with Crippen LogP contribution >= 0.6 is 11.8 Å². The first-order chi connectivity index (χ1) is 13.3. The molecule has 10 heteroatoms. The van der Waals surface area contributed by atoms with Crippen LogP contribution in [0.3, 0.4) is 0 Å². The van der Waals surface area contributed by atoms with Crippen LogP contribution in [-0.4, -0.2) is 36.8 Å². The summed E-state index contributed by atoms with van der Waals surface area (Å²) in [6.07, 6.45) is 0. The molecule has 0 radical (unpaired) electrons. The molecule has 9 nitrogen and oxygen atoms in total. The Kier molecular flexibility index (Phi) is 5.69. The Hall–Kier alpha value is -3.27. The zero-order chi connectivity index (χ0) is 20.3. The molecule has 1 heterocycles. The van der Waals surface area contributed by atoms with Gasteiger partial charge in [-0.25, -0.2) is 0 Å². The van der Waals surface area contributed by atoms with E-state index in [9.17, 15) is 14.9 Å². The molecule has 3 rings (SSSR count). The molecule has 144 valence electrons. The minimum atomic E-state index is -0.471. The quantitative estimate of drug-likeness (QED) is 0.385. The second-order valence-electron chi connectivity index (χ2n) is 6.26. The van der Waals surface area contributed by atoms with E-state index < -0.39 is 4.92 Å². The molecule has 0 saturated carbocycles. The number of hydrogen-bond acceptors (Lipinski definition) is 7. The zero-order valence-electron chi connectivity index (χ0n) is 15.5. The van der Waals surface area contributed by atoms with Gasteiger partial charge in [-0.15, -0.1) is 5.10 Å². The highest BCUT2D eigenvalue weighted by molar-refractivity contribution is 7.99. The van der Waals surface area contributed by atoms with Crippen molar-refractivity contribution in [3.8, 4) is 5.69 Å². The van der Waals surface area contributed by atoms with Crippen LogP contribution in [0.25, 0.3) is 5.69 Å². The smallest absolute Gasteiger partial charge is 0.269 e. The second-order valence-corrected chi connectivity index (χ2v) is 7.20. The van der Waals surface area contributed by atoms with E-state index in [1.165, 1.54) is 30.0 Å². The number of tetrazole rings is 1. The SMILES string of the molecule is Cc1ccc(C)c(-n2nnnc2SCC(=O)Nc2ccc([N+](=O)[O-])cc2C)c1. The van der Waals surface area contributed by atoms with Crippen molar-refractivity contribution in [2.45, 2.75) is 25.9 Å². The van der Waals surface area contributed by atoms with Gasteiger partial charge < -0.3 is 5.32 Å². The maximum atomic E-state index is 12.3. The molecule has 2 aromatic carbocycles. The van der Waals surface area contributed by atoms with Crippen molar-refractivity contribution in [3.63, 3.8) is 0 Å². The summed E-state index contributed by atoms with van der Waals surface area (Å²) < 4.78 is 1.61. The van der Waals surface area contributed by atoms with Crippen LogP contribution in [0.4, 0.5) is 11.4 Å². The van der Waals surface area contributed by atoms with Crippen LogP contribution < -0.4 is 5.32 Å². The summed E-state index contributed by atoms with van der Waals surface area (Å²) in [7, 11) is 0. The average molecular weight is 398 g/mol. The fourth-order valence-corrected chi connectivity index (χ4v) is 3.27. The molecule has 28 heavy (non-hydrogen) atoms. The maximum Gasteiger partial charge on any atom is 0.269 e. The maximum absolute atomic E-state index is 12.3. The number of aryl methyl sites for hydroxylation is 3. The first-order valence-electron chi connectivity index (χ1n) is 8.39. The summed E-state index contributed by atoms with van der Waals surface area (Å²) in [4.78, 5) is 22.6. The van der Waals surface area contributed by atoms with Gasteiger partial charge in [-0.1, -0.05) is 23.9 Å². The molecule has 0 spiro atoms. The topological polar surface area (TPSA) is 116 Å². The van der Waals surface area contributed by atoms with E-state index in [0.717, 1.165) is 16.8 Å². The Morgan fingerprint density at radius 3 is 2.68 bits per heavy atom. The van der Waals surface area contributed by atoms with Gasteiger partial charge in [0.1, 0.15) is 0 Å². The summed E-state index contributed by atoms with van der Waals surface area (Å²) in [6, 6.07) is 10.3. The van der Waals surface area contributed by atoms with E-state index in [4.69, 9.17) is 0 Å². The largest absolute Gasteiger partial charge is 0.325 e. The monoisotopic (exact) mass is 398 g/mol. The average Bonchev–Trinajstić information content (AvgIpc) is 3.12. The Balaban J connectivity index is 1.69. The van der Waals surface area contributed by atoms with Crippen LogP contribution in [0.15, 0.2) is 41.6 Å². The highest BCUT2D eigenvalue weighted by atomic mass is 32.2. The fourth-order valence-electron chi connectivity index (χ4n) is 2.59. The summed E-state index contributed by atoms with van der Waals surface area (Å²) in [5.41, 5.74) is 4.10. The molecule has 0 aliphatic rings. The van der Waals surface area contributed by atoms with Crippen LogP contribution in [0, 0.1) is 30.9 Å². The van der Waals surface area contributed by atoms with Crippen molar-refractivity contribution < 1.29 is 9.72 Å². The van der Waals surface area contributed by atoms with Gasteiger partial charge in [0.05, 0.1) is 16.4 Å². The number of thioether (sulfide) groups is 1. The predicted octanol–water partition coefficient (Wildman–Crippen LogP) is 3.23. The molecule has 0 saturated heterocycles. The summed E-state index contributed by atoms with van der Waals surface area (Å²) in [6.45, 7) is 5.66. The third-order valence-corrected chi connectivity index (χ3v) is 4.98. The number of rotatable bonds is 6. The minimum absolute atomic E-state index is 0.0161. The molecular weight excluding hydrogens is 380 g/mol. The second kappa shape index (κ2) is 8.17. The van der Waals surface area contributed by atoms with E-state index in [1.807, 2.05) is 32.0 Å². The number of nitrogens with zero attached hydrogens (tertiary/aromatic N) is 5. The molecular formula is C18H18N6O3S. The van der Waals surface area contributed by atoms with Crippen molar-refractivity contribution in [1.82, 2.24) is 20.2 Å². The number of non-ortho nitro benzene ring substituents is 1. The lowest BCUT2D eigenvalue weighted by molar-refractivity contribution is -0.384. The van der Waals surface area contributed by atoms with Crippen molar-refractivity contribution in [2.24, 2.45) is 0 Å². The van der Waals surface area contributed by atoms with Gasteiger partial charge in [0, 0.05) is 17.8 Å². The normalized spacial score (nSPS) is 10.7. The Morgan fingerprint density at radius 1 is 1.18 bits per heavy atom. The number of nitro groups is 1. The van der Waals surface area contributed by atoms with Gasteiger partial charge in [0.25, 0.3) is 5.69 Å². The number of carbonyl (C=O) groups excluding carboxylic acids is 1. The molecule has 0 unspecified atom stereocenters. The van der Waals surface area contributed by atoms with Crippen molar-refractivity contribution in [2.75, 3.05) is 11.1 Å². The minimum Gasteiger partial charge on any atom is -0.325 e. The lowest BCUT2D eigenvalue weighted by atomic mass is 10.1. The Bertz CT molecular complexity index is 1050. The number of carbonyl (C=O) groups is 1. The van der Waals surface area contributed by atoms with E-state index in [0.29, 0.717) is 16.4 Å². The summed E-state index contributed by atoms with van der Waals surface area (Å²) >= 11 is 1.21. The van der Waals surface area contributed by atoms with Gasteiger partial charge in [-0.3, -0.25) is 14.9 Å². The van der Waals surface area contributed by atoms with Crippen molar-refractivity contribution in [1.29, 1.82) is 0 Å². The summed E-state index contributed by atoms with van der Waals surface area (Å²) in [5, 5.41) is 25.8. The van der Waals surface area contributed by atoms with Crippen LogP contribution in [0.1, 0.15) is 16.7 Å².